The molecule has 0 saturated heterocycles. The molecule has 0 radical (unpaired) electrons. The van der Waals surface area contributed by atoms with E-state index in [-0.39, 0.29) is 0 Å². The second-order valence-corrected chi connectivity index (χ2v) is 5.72. The summed E-state index contributed by atoms with van der Waals surface area (Å²) in [4.78, 5) is 8.88. The summed E-state index contributed by atoms with van der Waals surface area (Å²) in [7, 11) is 0. The summed E-state index contributed by atoms with van der Waals surface area (Å²) in [5, 5.41) is 3.40. The van der Waals surface area contributed by atoms with Gasteiger partial charge in [0.05, 0.1) is 0 Å². The molecule has 0 atom stereocenters. The third-order valence-electron chi connectivity index (χ3n) is 3.78. The molecule has 5 heteroatoms. The van der Waals surface area contributed by atoms with Gasteiger partial charge in [0, 0.05) is 12.2 Å². The Hall–Kier alpha value is -1.23. The number of rotatable bonds is 5. The van der Waals surface area contributed by atoms with Gasteiger partial charge in [-0.3, -0.25) is 0 Å². The van der Waals surface area contributed by atoms with Crippen molar-refractivity contribution in [2.75, 3.05) is 5.32 Å². The minimum Gasteiger partial charge on any atom is -0.388 e. The Morgan fingerprint density at radius 1 is 1.42 bits per heavy atom. The normalized spacial score (nSPS) is 23.0. The maximum Gasteiger partial charge on any atom is 0.223 e. The van der Waals surface area contributed by atoms with Crippen LogP contribution in [0.1, 0.15) is 51.1 Å². The Balaban J connectivity index is 1.88. The summed E-state index contributed by atoms with van der Waals surface area (Å²) in [5.74, 6) is 1.55. The van der Waals surface area contributed by atoms with Crippen LogP contribution < -0.4 is 11.1 Å². The van der Waals surface area contributed by atoms with Crippen LogP contribution in [0.3, 0.4) is 0 Å². The van der Waals surface area contributed by atoms with Crippen molar-refractivity contribution >= 4 is 23.2 Å². The van der Waals surface area contributed by atoms with Crippen molar-refractivity contribution in [1.82, 2.24) is 9.97 Å². The van der Waals surface area contributed by atoms with Gasteiger partial charge in [-0.05, 0) is 37.7 Å². The average Bonchev–Trinajstić information content (AvgIpc) is 2.42. The van der Waals surface area contributed by atoms with Crippen molar-refractivity contribution in [3.8, 4) is 0 Å². The van der Waals surface area contributed by atoms with Crippen molar-refractivity contribution in [2.24, 2.45) is 11.7 Å². The molecule has 0 aromatic carbocycles. The standard InChI is InChI=1S/C14H22N4S/c1-2-3-10-4-6-11(7-5-10)17-14-16-9-8-12(18-14)13(15)19/h8-11H,2-7H2,1H3,(H2,15,19)(H,16,17,18). The Morgan fingerprint density at radius 2 is 2.16 bits per heavy atom. The van der Waals surface area contributed by atoms with E-state index >= 15 is 0 Å². The first-order valence-corrected chi connectivity index (χ1v) is 7.49. The van der Waals surface area contributed by atoms with Crippen molar-refractivity contribution in [3.05, 3.63) is 18.0 Å². The highest BCUT2D eigenvalue weighted by atomic mass is 32.1. The molecule has 0 spiro atoms. The van der Waals surface area contributed by atoms with Gasteiger partial charge in [0.1, 0.15) is 10.7 Å². The first kappa shape index (κ1) is 14.2. The van der Waals surface area contributed by atoms with Gasteiger partial charge in [0.25, 0.3) is 0 Å². The molecule has 0 unspecified atom stereocenters. The minimum absolute atomic E-state index is 0.317. The summed E-state index contributed by atoms with van der Waals surface area (Å²) in [6.07, 6.45) is 9.37. The largest absolute Gasteiger partial charge is 0.388 e. The van der Waals surface area contributed by atoms with Gasteiger partial charge in [-0.2, -0.15) is 0 Å². The maximum atomic E-state index is 5.58. The molecule has 19 heavy (non-hydrogen) atoms. The van der Waals surface area contributed by atoms with Gasteiger partial charge >= 0.3 is 0 Å². The second kappa shape index (κ2) is 6.80. The first-order valence-electron chi connectivity index (χ1n) is 7.08. The number of nitrogens with one attached hydrogen (secondary N) is 1. The zero-order chi connectivity index (χ0) is 13.7. The second-order valence-electron chi connectivity index (χ2n) is 5.28. The van der Waals surface area contributed by atoms with E-state index in [2.05, 4.69) is 22.2 Å². The lowest BCUT2D eigenvalue weighted by Crippen LogP contribution is -2.27. The number of anilines is 1. The molecule has 1 aliphatic carbocycles. The molecule has 1 aliphatic rings. The lowest BCUT2D eigenvalue weighted by atomic mass is 9.83. The highest BCUT2D eigenvalue weighted by Gasteiger charge is 2.21. The molecule has 0 amide bonds. The van der Waals surface area contributed by atoms with Crippen molar-refractivity contribution in [2.45, 2.75) is 51.5 Å². The third-order valence-corrected chi connectivity index (χ3v) is 3.99. The molecule has 1 heterocycles. The molecule has 1 fully saturated rings. The lowest BCUT2D eigenvalue weighted by molar-refractivity contribution is 0.318. The molecule has 1 saturated carbocycles. The van der Waals surface area contributed by atoms with Gasteiger partial charge in [0.2, 0.25) is 5.95 Å². The smallest absolute Gasteiger partial charge is 0.223 e. The number of aromatic nitrogens is 2. The fraction of sp³-hybridized carbons (Fsp3) is 0.643. The highest BCUT2D eigenvalue weighted by molar-refractivity contribution is 7.80. The van der Waals surface area contributed by atoms with Gasteiger partial charge in [-0.25, -0.2) is 9.97 Å². The monoisotopic (exact) mass is 278 g/mol. The molecule has 104 valence electrons. The van der Waals surface area contributed by atoms with E-state index < -0.39 is 0 Å². The zero-order valence-corrected chi connectivity index (χ0v) is 12.2. The lowest BCUT2D eigenvalue weighted by Gasteiger charge is -2.28. The summed E-state index contributed by atoms with van der Waals surface area (Å²) >= 11 is 4.93. The Kier molecular flexibility index (Phi) is 5.07. The van der Waals surface area contributed by atoms with Crippen LogP contribution in [-0.2, 0) is 0 Å². The molecule has 3 N–H and O–H groups in total. The van der Waals surface area contributed by atoms with Gasteiger partial charge in [-0.1, -0.05) is 32.0 Å². The number of nitrogens with two attached hydrogens (primary N) is 1. The number of nitrogens with zero attached hydrogens (tertiary/aromatic N) is 2. The molecular weight excluding hydrogens is 256 g/mol. The third kappa shape index (κ3) is 4.13. The SMILES string of the molecule is CCCC1CCC(Nc2nccc(C(N)=S)n2)CC1. The fourth-order valence-corrected chi connectivity index (χ4v) is 2.87. The van der Waals surface area contributed by atoms with Crippen molar-refractivity contribution < 1.29 is 0 Å². The average molecular weight is 278 g/mol. The highest BCUT2D eigenvalue weighted by Crippen LogP contribution is 2.28. The van der Waals surface area contributed by atoms with E-state index in [9.17, 15) is 0 Å². The van der Waals surface area contributed by atoms with Gasteiger partial charge in [0.15, 0.2) is 0 Å². The maximum absolute atomic E-state index is 5.58. The number of hydrogen-bond donors (Lipinski definition) is 2. The van der Waals surface area contributed by atoms with Crippen LogP contribution in [0.15, 0.2) is 12.3 Å². The first-order chi connectivity index (χ1) is 9.19. The quantitative estimate of drug-likeness (QED) is 0.811. The van der Waals surface area contributed by atoms with Crippen molar-refractivity contribution in [3.63, 3.8) is 0 Å². The molecule has 0 bridgehead atoms. The van der Waals surface area contributed by atoms with Crippen LogP contribution in [0, 0.1) is 5.92 Å². The van der Waals surface area contributed by atoms with Crippen LogP contribution in [-0.4, -0.2) is 21.0 Å². The van der Waals surface area contributed by atoms with E-state index in [4.69, 9.17) is 18.0 Å². The zero-order valence-electron chi connectivity index (χ0n) is 11.4. The molecule has 0 aliphatic heterocycles. The van der Waals surface area contributed by atoms with E-state index in [1.54, 1.807) is 12.3 Å². The predicted molar refractivity (Wildman–Crippen MR) is 82.2 cm³/mol. The van der Waals surface area contributed by atoms with E-state index in [0.29, 0.717) is 22.7 Å². The van der Waals surface area contributed by atoms with Crippen molar-refractivity contribution in [1.29, 1.82) is 0 Å². The predicted octanol–water partition coefficient (Wildman–Crippen LogP) is 2.88. The summed E-state index contributed by atoms with van der Waals surface area (Å²) in [6, 6.07) is 2.22. The van der Waals surface area contributed by atoms with Gasteiger partial charge < -0.3 is 11.1 Å². The molecule has 4 nitrogen and oxygen atoms in total. The van der Waals surface area contributed by atoms with Gasteiger partial charge in [-0.15, -0.1) is 0 Å². The van der Waals surface area contributed by atoms with E-state index in [1.165, 1.54) is 38.5 Å². The van der Waals surface area contributed by atoms with Crippen LogP contribution in [0.4, 0.5) is 5.95 Å². The van der Waals surface area contributed by atoms with Crippen LogP contribution in [0.5, 0.6) is 0 Å². The van der Waals surface area contributed by atoms with E-state index in [1.807, 2.05) is 0 Å². The number of thiocarbonyl (C=S) groups is 1. The topological polar surface area (TPSA) is 63.8 Å². The summed E-state index contributed by atoms with van der Waals surface area (Å²) < 4.78 is 0. The van der Waals surface area contributed by atoms with Crippen LogP contribution in [0.2, 0.25) is 0 Å². The summed E-state index contributed by atoms with van der Waals surface area (Å²) in [6.45, 7) is 2.26. The molecule has 1 aromatic rings. The Morgan fingerprint density at radius 3 is 2.79 bits per heavy atom. The van der Waals surface area contributed by atoms with E-state index in [0.717, 1.165) is 5.92 Å². The number of hydrogen-bond acceptors (Lipinski definition) is 4. The Bertz CT molecular complexity index is 427. The van der Waals surface area contributed by atoms with Crippen LogP contribution >= 0.6 is 12.2 Å². The summed E-state index contributed by atoms with van der Waals surface area (Å²) in [5.41, 5.74) is 6.21. The molecule has 2 rings (SSSR count). The molecular formula is C14H22N4S. The van der Waals surface area contributed by atoms with Crippen LogP contribution in [0.25, 0.3) is 0 Å². The fourth-order valence-electron chi connectivity index (χ4n) is 2.75. The Labute approximate surface area is 120 Å². The molecule has 1 aromatic heterocycles. The minimum atomic E-state index is 0.317.